The van der Waals surface area contributed by atoms with E-state index in [0.29, 0.717) is 19.8 Å². The van der Waals surface area contributed by atoms with Crippen molar-refractivity contribution in [1.82, 2.24) is 10.2 Å². The van der Waals surface area contributed by atoms with Crippen LogP contribution in [0.25, 0.3) is 0 Å². The van der Waals surface area contributed by atoms with Crippen molar-refractivity contribution in [3.63, 3.8) is 0 Å². The van der Waals surface area contributed by atoms with Crippen molar-refractivity contribution in [2.75, 3.05) is 46.1 Å². The zero-order chi connectivity index (χ0) is 20.0. The summed E-state index contributed by atoms with van der Waals surface area (Å²) in [6, 6.07) is 10.4. The fourth-order valence-electron chi connectivity index (χ4n) is 2.39. The number of alkyl carbamates (subject to hydrolysis) is 1. The summed E-state index contributed by atoms with van der Waals surface area (Å²) < 4.78 is 16.5. The first-order valence-corrected chi connectivity index (χ1v) is 9.79. The summed E-state index contributed by atoms with van der Waals surface area (Å²) >= 11 is 0. The van der Waals surface area contributed by atoms with Gasteiger partial charge in [0.1, 0.15) is 5.60 Å². The van der Waals surface area contributed by atoms with Crippen molar-refractivity contribution in [1.29, 1.82) is 0 Å². The SMILES string of the molecule is CCCOCCN(CCOCCNC(=O)OC(C)(C)C)Cc1ccccc1. The van der Waals surface area contributed by atoms with E-state index in [1.807, 2.05) is 26.8 Å². The van der Waals surface area contributed by atoms with E-state index in [-0.39, 0.29) is 0 Å². The van der Waals surface area contributed by atoms with E-state index in [4.69, 9.17) is 14.2 Å². The summed E-state index contributed by atoms with van der Waals surface area (Å²) in [5, 5.41) is 2.70. The molecule has 154 valence electrons. The van der Waals surface area contributed by atoms with Crippen molar-refractivity contribution in [2.24, 2.45) is 0 Å². The quantitative estimate of drug-likeness (QED) is 0.531. The van der Waals surface area contributed by atoms with E-state index in [1.54, 1.807) is 0 Å². The van der Waals surface area contributed by atoms with Gasteiger partial charge in [0.15, 0.2) is 0 Å². The van der Waals surface area contributed by atoms with Gasteiger partial charge in [-0.25, -0.2) is 4.79 Å². The number of carbonyl (C=O) groups is 1. The van der Waals surface area contributed by atoms with Gasteiger partial charge in [0.25, 0.3) is 0 Å². The maximum absolute atomic E-state index is 11.6. The van der Waals surface area contributed by atoms with Crippen LogP contribution in [0.15, 0.2) is 30.3 Å². The summed E-state index contributed by atoms with van der Waals surface area (Å²) in [7, 11) is 0. The second-order valence-electron chi connectivity index (χ2n) is 7.42. The maximum atomic E-state index is 11.6. The Hall–Kier alpha value is -1.63. The lowest BCUT2D eigenvalue weighted by atomic mass is 10.2. The van der Waals surface area contributed by atoms with Crippen LogP contribution in [0.4, 0.5) is 4.79 Å². The summed E-state index contributed by atoms with van der Waals surface area (Å²) in [5.74, 6) is 0. The number of nitrogens with zero attached hydrogens (tertiary/aromatic N) is 1. The fraction of sp³-hybridized carbons (Fsp3) is 0.667. The van der Waals surface area contributed by atoms with Gasteiger partial charge >= 0.3 is 6.09 Å². The van der Waals surface area contributed by atoms with Gasteiger partial charge in [-0.05, 0) is 32.8 Å². The molecule has 27 heavy (non-hydrogen) atoms. The van der Waals surface area contributed by atoms with Crippen LogP contribution in [-0.2, 0) is 20.8 Å². The van der Waals surface area contributed by atoms with Crippen molar-refractivity contribution in [2.45, 2.75) is 46.3 Å². The highest BCUT2D eigenvalue weighted by atomic mass is 16.6. The monoisotopic (exact) mass is 380 g/mol. The van der Waals surface area contributed by atoms with E-state index in [0.717, 1.165) is 39.3 Å². The van der Waals surface area contributed by atoms with Gasteiger partial charge in [-0.15, -0.1) is 0 Å². The third kappa shape index (κ3) is 13.2. The number of benzene rings is 1. The zero-order valence-corrected chi connectivity index (χ0v) is 17.3. The van der Waals surface area contributed by atoms with Gasteiger partial charge in [-0.2, -0.15) is 0 Å². The summed E-state index contributed by atoms with van der Waals surface area (Å²) in [6.07, 6.45) is 0.622. The lowest BCUT2D eigenvalue weighted by molar-refractivity contribution is 0.0477. The van der Waals surface area contributed by atoms with Gasteiger partial charge in [0.05, 0.1) is 19.8 Å². The van der Waals surface area contributed by atoms with Crippen molar-refractivity contribution < 1.29 is 19.0 Å². The molecule has 6 nitrogen and oxygen atoms in total. The number of ether oxygens (including phenoxy) is 3. The second kappa shape index (κ2) is 13.5. The van der Waals surface area contributed by atoms with Crippen LogP contribution in [-0.4, -0.2) is 62.7 Å². The lowest BCUT2D eigenvalue weighted by Gasteiger charge is -2.22. The van der Waals surface area contributed by atoms with Gasteiger partial charge in [-0.3, -0.25) is 4.90 Å². The Bertz CT molecular complexity index is 503. The molecule has 0 saturated carbocycles. The standard InChI is InChI=1S/C21H36N2O4/c1-5-14-25-16-12-23(18-19-9-7-6-8-10-19)13-17-26-15-11-22-20(24)27-21(2,3)4/h6-10H,5,11-18H2,1-4H3,(H,22,24). The van der Waals surface area contributed by atoms with E-state index >= 15 is 0 Å². The van der Waals surface area contributed by atoms with Crippen LogP contribution in [0.3, 0.4) is 0 Å². The lowest BCUT2D eigenvalue weighted by Crippen LogP contribution is -2.35. The predicted molar refractivity (Wildman–Crippen MR) is 108 cm³/mol. The number of carbonyl (C=O) groups excluding carboxylic acids is 1. The Morgan fingerprint density at radius 3 is 2.22 bits per heavy atom. The highest BCUT2D eigenvalue weighted by molar-refractivity contribution is 5.67. The van der Waals surface area contributed by atoms with Crippen molar-refractivity contribution in [3.8, 4) is 0 Å². The number of amides is 1. The molecule has 6 heteroatoms. The Morgan fingerprint density at radius 2 is 1.63 bits per heavy atom. The molecule has 0 aliphatic heterocycles. The molecule has 0 spiro atoms. The Balaban J connectivity index is 2.24. The van der Waals surface area contributed by atoms with Crippen LogP contribution in [0.1, 0.15) is 39.7 Å². The van der Waals surface area contributed by atoms with E-state index in [1.165, 1.54) is 5.56 Å². The molecule has 0 aliphatic carbocycles. The number of hydrogen-bond donors (Lipinski definition) is 1. The first-order valence-electron chi connectivity index (χ1n) is 9.79. The summed E-state index contributed by atoms with van der Waals surface area (Å²) in [6.45, 7) is 13.2. The van der Waals surface area contributed by atoms with Crippen LogP contribution < -0.4 is 5.32 Å². The number of rotatable bonds is 13. The molecule has 1 aromatic carbocycles. The highest BCUT2D eigenvalue weighted by Crippen LogP contribution is 2.06. The minimum atomic E-state index is -0.483. The van der Waals surface area contributed by atoms with Gasteiger partial charge in [0, 0.05) is 32.8 Å². The second-order valence-corrected chi connectivity index (χ2v) is 7.42. The Labute approximate surface area is 164 Å². The minimum absolute atomic E-state index is 0.412. The molecule has 0 unspecified atom stereocenters. The van der Waals surface area contributed by atoms with Gasteiger partial charge in [0.2, 0.25) is 0 Å². The molecule has 1 N–H and O–H groups in total. The van der Waals surface area contributed by atoms with E-state index < -0.39 is 11.7 Å². The largest absolute Gasteiger partial charge is 0.444 e. The first-order chi connectivity index (χ1) is 12.9. The van der Waals surface area contributed by atoms with E-state index in [2.05, 4.69) is 41.4 Å². The molecule has 0 bridgehead atoms. The van der Waals surface area contributed by atoms with E-state index in [9.17, 15) is 4.79 Å². The topological polar surface area (TPSA) is 60.0 Å². The number of nitrogens with one attached hydrogen (secondary N) is 1. The zero-order valence-electron chi connectivity index (χ0n) is 17.3. The first kappa shape index (κ1) is 23.4. The average Bonchev–Trinajstić information content (AvgIpc) is 2.60. The smallest absolute Gasteiger partial charge is 0.407 e. The molecule has 0 fully saturated rings. The highest BCUT2D eigenvalue weighted by Gasteiger charge is 2.15. The molecule has 0 heterocycles. The third-order valence-corrected chi connectivity index (χ3v) is 3.62. The molecule has 0 aliphatic rings. The molecular weight excluding hydrogens is 344 g/mol. The molecule has 0 atom stereocenters. The average molecular weight is 381 g/mol. The van der Waals surface area contributed by atoms with Crippen LogP contribution >= 0.6 is 0 Å². The van der Waals surface area contributed by atoms with Crippen molar-refractivity contribution >= 4 is 6.09 Å². The molecule has 1 aromatic rings. The summed E-state index contributed by atoms with van der Waals surface area (Å²) in [4.78, 5) is 13.9. The molecule has 0 radical (unpaired) electrons. The van der Waals surface area contributed by atoms with Gasteiger partial charge < -0.3 is 19.5 Å². The van der Waals surface area contributed by atoms with Crippen LogP contribution in [0.2, 0.25) is 0 Å². The van der Waals surface area contributed by atoms with Crippen LogP contribution in [0, 0.1) is 0 Å². The molecule has 1 rings (SSSR count). The minimum Gasteiger partial charge on any atom is -0.444 e. The normalized spacial score (nSPS) is 11.6. The van der Waals surface area contributed by atoms with Crippen LogP contribution in [0.5, 0.6) is 0 Å². The fourth-order valence-corrected chi connectivity index (χ4v) is 2.39. The van der Waals surface area contributed by atoms with Gasteiger partial charge in [-0.1, -0.05) is 37.3 Å². The molecule has 0 saturated heterocycles. The molecule has 0 aromatic heterocycles. The Morgan fingerprint density at radius 1 is 1.00 bits per heavy atom. The summed E-state index contributed by atoms with van der Waals surface area (Å²) in [5.41, 5.74) is 0.794. The maximum Gasteiger partial charge on any atom is 0.407 e. The van der Waals surface area contributed by atoms with Crippen molar-refractivity contribution in [3.05, 3.63) is 35.9 Å². The predicted octanol–water partition coefficient (Wildman–Crippen LogP) is 3.46. The Kier molecular flexibility index (Phi) is 11.7. The number of hydrogen-bond acceptors (Lipinski definition) is 5. The molecular formula is C21H36N2O4. The molecule has 1 amide bonds. The third-order valence-electron chi connectivity index (χ3n) is 3.62.